The normalized spacial score (nSPS) is 31.2. The molecule has 190 valence electrons. The average Bonchev–Trinajstić information content (AvgIpc) is 3.11. The number of amides is 1. The summed E-state index contributed by atoms with van der Waals surface area (Å²) >= 11 is 0. The van der Waals surface area contributed by atoms with E-state index in [1.54, 1.807) is 4.90 Å². The second kappa shape index (κ2) is 10.9. The number of nitrogens with zero attached hydrogens (tertiary/aromatic N) is 2. The van der Waals surface area contributed by atoms with Crippen molar-refractivity contribution in [1.82, 2.24) is 13.9 Å². The summed E-state index contributed by atoms with van der Waals surface area (Å²) in [5, 5.41) is 0. The third-order valence-corrected chi connectivity index (χ3v) is 9.13. The van der Waals surface area contributed by atoms with E-state index in [1.165, 1.54) is 25.2 Å². The van der Waals surface area contributed by atoms with E-state index in [0.717, 1.165) is 49.3 Å². The van der Waals surface area contributed by atoms with Gasteiger partial charge < -0.3 is 9.47 Å². The van der Waals surface area contributed by atoms with Crippen LogP contribution in [0.3, 0.4) is 0 Å². The van der Waals surface area contributed by atoms with Crippen molar-refractivity contribution < 1.29 is 22.7 Å². The van der Waals surface area contributed by atoms with Gasteiger partial charge in [-0.05, 0) is 75.3 Å². The summed E-state index contributed by atoms with van der Waals surface area (Å²) in [5.41, 5.74) is 2.76. The molecule has 1 saturated heterocycles. The summed E-state index contributed by atoms with van der Waals surface area (Å²) < 4.78 is 41.0. The number of carbonyl (C=O) groups is 1. The summed E-state index contributed by atoms with van der Waals surface area (Å²) in [6.07, 6.45) is 7.08. The monoisotopic (exact) mass is 493 g/mol. The first kappa shape index (κ1) is 25.4. The van der Waals surface area contributed by atoms with Gasteiger partial charge in [-0.3, -0.25) is 4.90 Å². The minimum atomic E-state index is -3.64. The molecule has 1 aromatic rings. The van der Waals surface area contributed by atoms with Gasteiger partial charge in [-0.1, -0.05) is 24.3 Å². The number of aryl methyl sites for hydroxylation is 1. The quantitative estimate of drug-likeness (QED) is 0.697. The molecule has 1 N–H and O–H groups in total. The third-order valence-electron chi connectivity index (χ3n) is 7.57. The van der Waals surface area contributed by atoms with Crippen LogP contribution in [0.5, 0.6) is 0 Å². The molecular weight excluding hydrogens is 454 g/mol. The van der Waals surface area contributed by atoms with Gasteiger partial charge in [0.05, 0.1) is 25.4 Å². The van der Waals surface area contributed by atoms with Crippen molar-refractivity contribution in [3.63, 3.8) is 0 Å². The number of carbonyl (C=O) groups excluding carboxylic acids is 1. The molecule has 5 rings (SSSR count). The minimum absolute atomic E-state index is 0.120. The molecule has 2 fully saturated rings. The number of nitrogens with one attached hydrogen (secondary N) is 1. The summed E-state index contributed by atoms with van der Waals surface area (Å²) in [5.74, 6) is 0.558. The molecule has 0 radical (unpaired) electrons. The van der Waals surface area contributed by atoms with Crippen molar-refractivity contribution in [3.05, 3.63) is 35.4 Å². The molecule has 1 saturated carbocycles. The molecule has 3 heterocycles. The van der Waals surface area contributed by atoms with E-state index >= 15 is 0 Å². The standard InChI is InChI=1S/C25H39N3O5S/c1-18-15-23(26-34(30,31)27(2)3)24-17-33-22-12-10-20(11-13-22)21-9-6-8-19(16-21)7-4-5-14-32-25(29)28(18)24/h6,8-9,16,18,20,22-24,26H,4-5,7,10-15,17H2,1-3H3/t18-,20?,22?,23+,24+/m1/s1. The molecule has 1 aromatic carbocycles. The van der Waals surface area contributed by atoms with Gasteiger partial charge in [0.1, 0.15) is 0 Å². The second-order valence-corrected chi connectivity index (χ2v) is 12.1. The zero-order valence-electron chi connectivity index (χ0n) is 20.6. The molecule has 3 atom stereocenters. The van der Waals surface area contributed by atoms with Crippen molar-refractivity contribution in [1.29, 1.82) is 0 Å². The van der Waals surface area contributed by atoms with Crippen LogP contribution in [0.2, 0.25) is 0 Å². The van der Waals surface area contributed by atoms with Gasteiger partial charge in [0.2, 0.25) is 0 Å². The maximum Gasteiger partial charge on any atom is 0.410 e. The van der Waals surface area contributed by atoms with Gasteiger partial charge in [-0.15, -0.1) is 0 Å². The molecule has 1 aliphatic carbocycles. The van der Waals surface area contributed by atoms with Crippen molar-refractivity contribution in [3.8, 4) is 0 Å². The van der Waals surface area contributed by atoms with Gasteiger partial charge in [0.15, 0.2) is 0 Å². The Kier molecular flexibility index (Phi) is 8.17. The minimum Gasteiger partial charge on any atom is -0.449 e. The maximum atomic E-state index is 13.1. The maximum absolute atomic E-state index is 13.1. The lowest BCUT2D eigenvalue weighted by Crippen LogP contribution is -2.52. The zero-order chi connectivity index (χ0) is 24.3. The molecule has 1 amide bonds. The van der Waals surface area contributed by atoms with E-state index in [0.29, 0.717) is 25.6 Å². The Morgan fingerprint density at radius 1 is 1.12 bits per heavy atom. The Morgan fingerprint density at radius 3 is 2.62 bits per heavy atom. The Balaban J connectivity index is 1.52. The first-order valence-electron chi connectivity index (χ1n) is 12.6. The van der Waals surface area contributed by atoms with E-state index < -0.39 is 22.3 Å². The average molecular weight is 494 g/mol. The fourth-order valence-corrected chi connectivity index (χ4v) is 6.41. The Labute approximate surface area is 204 Å². The molecule has 0 aromatic heterocycles. The Hall–Kier alpha value is -1.68. The first-order chi connectivity index (χ1) is 16.2. The molecule has 34 heavy (non-hydrogen) atoms. The lowest BCUT2D eigenvalue weighted by Gasteiger charge is -2.33. The number of hydrogen-bond acceptors (Lipinski definition) is 5. The lowest BCUT2D eigenvalue weighted by molar-refractivity contribution is -0.0105. The predicted molar refractivity (Wildman–Crippen MR) is 131 cm³/mol. The molecule has 9 heteroatoms. The highest BCUT2D eigenvalue weighted by Gasteiger charge is 2.45. The highest BCUT2D eigenvalue weighted by Crippen LogP contribution is 2.35. The number of hydrogen-bond donors (Lipinski definition) is 1. The van der Waals surface area contributed by atoms with E-state index in [2.05, 4.69) is 29.0 Å². The van der Waals surface area contributed by atoms with Crippen LogP contribution in [0.25, 0.3) is 0 Å². The lowest BCUT2D eigenvalue weighted by atomic mass is 9.82. The molecule has 8 nitrogen and oxygen atoms in total. The van der Waals surface area contributed by atoms with Crippen LogP contribution < -0.4 is 4.72 Å². The Morgan fingerprint density at radius 2 is 1.88 bits per heavy atom. The van der Waals surface area contributed by atoms with Crippen LogP contribution in [0, 0.1) is 0 Å². The van der Waals surface area contributed by atoms with E-state index in [1.807, 2.05) is 6.92 Å². The second-order valence-electron chi connectivity index (χ2n) is 10.2. The van der Waals surface area contributed by atoms with E-state index in [9.17, 15) is 13.2 Å². The largest absolute Gasteiger partial charge is 0.449 e. The number of benzene rings is 1. The fraction of sp³-hybridized carbons (Fsp3) is 0.720. The molecule has 0 spiro atoms. The van der Waals surface area contributed by atoms with Crippen LogP contribution in [0.15, 0.2) is 24.3 Å². The smallest absolute Gasteiger partial charge is 0.410 e. The topological polar surface area (TPSA) is 88.2 Å². The van der Waals surface area contributed by atoms with Crippen LogP contribution in [0.4, 0.5) is 4.79 Å². The zero-order valence-corrected chi connectivity index (χ0v) is 21.4. The molecule has 3 aliphatic heterocycles. The highest BCUT2D eigenvalue weighted by molar-refractivity contribution is 7.87. The van der Waals surface area contributed by atoms with Gasteiger partial charge >= 0.3 is 6.09 Å². The summed E-state index contributed by atoms with van der Waals surface area (Å²) in [6.45, 7) is 2.60. The first-order valence-corrected chi connectivity index (χ1v) is 14.0. The van der Waals surface area contributed by atoms with Crippen molar-refractivity contribution in [2.24, 2.45) is 0 Å². The van der Waals surface area contributed by atoms with Crippen LogP contribution in [-0.2, 0) is 26.1 Å². The molecular formula is C25H39N3O5S. The van der Waals surface area contributed by atoms with Crippen molar-refractivity contribution in [2.45, 2.75) is 88.4 Å². The van der Waals surface area contributed by atoms with Crippen LogP contribution in [0.1, 0.15) is 68.9 Å². The van der Waals surface area contributed by atoms with E-state index in [4.69, 9.17) is 9.47 Å². The van der Waals surface area contributed by atoms with E-state index in [-0.39, 0.29) is 18.2 Å². The molecule has 0 unspecified atom stereocenters. The van der Waals surface area contributed by atoms with Crippen LogP contribution in [-0.4, -0.2) is 75.3 Å². The predicted octanol–water partition coefficient (Wildman–Crippen LogP) is 3.43. The Bertz CT molecular complexity index is 946. The number of rotatable bonds is 3. The fourth-order valence-electron chi connectivity index (χ4n) is 5.56. The number of ether oxygens (including phenoxy) is 2. The van der Waals surface area contributed by atoms with Crippen LogP contribution >= 0.6 is 0 Å². The molecule has 4 bridgehead atoms. The van der Waals surface area contributed by atoms with Crippen molar-refractivity contribution in [2.75, 3.05) is 27.3 Å². The summed E-state index contributed by atoms with van der Waals surface area (Å²) in [7, 11) is -0.638. The molecule has 4 aliphatic rings. The number of fused-ring (bicyclic) bond motifs is 8. The summed E-state index contributed by atoms with van der Waals surface area (Å²) in [6, 6.07) is 7.96. The third kappa shape index (κ3) is 5.93. The summed E-state index contributed by atoms with van der Waals surface area (Å²) in [4.78, 5) is 14.8. The SMILES string of the molecule is C[C@@H]1C[C@H](NS(=O)(=O)N(C)C)[C@@H]2COC3CCC(CC3)c3cccc(c3)CCCCOC(=O)N12. The van der Waals surface area contributed by atoms with Gasteiger partial charge in [-0.2, -0.15) is 17.4 Å². The highest BCUT2D eigenvalue weighted by atomic mass is 32.2. The van der Waals surface area contributed by atoms with Gasteiger partial charge in [-0.25, -0.2) is 4.79 Å². The van der Waals surface area contributed by atoms with Crippen molar-refractivity contribution >= 4 is 16.3 Å². The van der Waals surface area contributed by atoms with Gasteiger partial charge in [0, 0.05) is 26.2 Å². The van der Waals surface area contributed by atoms with Gasteiger partial charge in [0.25, 0.3) is 10.2 Å².